The van der Waals surface area contributed by atoms with Gasteiger partial charge < -0.3 is 10.2 Å². The predicted octanol–water partition coefficient (Wildman–Crippen LogP) is 1.22. The van der Waals surface area contributed by atoms with Gasteiger partial charge in [-0.3, -0.25) is 0 Å². The lowest BCUT2D eigenvalue weighted by atomic mass is 10.2. The Balaban J connectivity index is 3.85. The van der Waals surface area contributed by atoms with Gasteiger partial charge in [0.15, 0.2) is 0 Å². The van der Waals surface area contributed by atoms with E-state index in [9.17, 15) is 0 Å². The van der Waals surface area contributed by atoms with Crippen LogP contribution < -0.4 is 5.32 Å². The Morgan fingerprint density at radius 3 is 2.15 bits per heavy atom. The van der Waals surface area contributed by atoms with E-state index >= 15 is 0 Å². The molecule has 3 heteroatoms. The average Bonchev–Trinajstić information content (AvgIpc) is 2.14. The van der Waals surface area contributed by atoms with Crippen LogP contribution in [0.3, 0.4) is 0 Å². The summed E-state index contributed by atoms with van der Waals surface area (Å²) < 4.78 is 0. The van der Waals surface area contributed by atoms with Crippen LogP contribution in [0, 0.1) is 11.3 Å². The topological polar surface area (TPSA) is 39.1 Å². The number of hydrogen-bond donors (Lipinski definition) is 1. The SMILES string of the molecule is CCCN(CCC)CC(C#N)NC. The summed E-state index contributed by atoms with van der Waals surface area (Å²) in [5.74, 6) is 0. The number of nitrogens with one attached hydrogen (secondary N) is 1. The van der Waals surface area contributed by atoms with Crippen LogP contribution in [0.5, 0.6) is 0 Å². The smallest absolute Gasteiger partial charge is 0.108 e. The summed E-state index contributed by atoms with van der Waals surface area (Å²) in [5.41, 5.74) is 0. The quantitative estimate of drug-likeness (QED) is 0.645. The highest BCUT2D eigenvalue weighted by Gasteiger charge is 2.09. The molecule has 0 aliphatic heterocycles. The first kappa shape index (κ1) is 12.4. The van der Waals surface area contributed by atoms with Crippen LogP contribution in [-0.4, -0.2) is 37.6 Å². The maximum absolute atomic E-state index is 8.77. The first-order chi connectivity index (χ1) is 6.28. The van der Waals surface area contributed by atoms with Gasteiger partial charge in [-0.15, -0.1) is 0 Å². The molecule has 0 aromatic carbocycles. The molecule has 0 saturated heterocycles. The fourth-order valence-corrected chi connectivity index (χ4v) is 1.38. The standard InChI is InChI=1S/C10H21N3/c1-4-6-13(7-5-2)9-10(8-11)12-3/h10,12H,4-7,9H2,1-3H3. The molecule has 1 N–H and O–H groups in total. The lowest BCUT2D eigenvalue weighted by Gasteiger charge is -2.23. The van der Waals surface area contributed by atoms with Gasteiger partial charge in [0.2, 0.25) is 0 Å². The van der Waals surface area contributed by atoms with Crippen molar-refractivity contribution >= 4 is 0 Å². The molecule has 0 aliphatic rings. The highest BCUT2D eigenvalue weighted by atomic mass is 15.1. The second-order valence-electron chi connectivity index (χ2n) is 3.27. The normalized spacial score (nSPS) is 12.8. The number of hydrogen-bond acceptors (Lipinski definition) is 3. The maximum Gasteiger partial charge on any atom is 0.108 e. The minimum Gasteiger partial charge on any atom is -0.304 e. The molecule has 0 radical (unpaired) electrons. The zero-order valence-electron chi connectivity index (χ0n) is 9.01. The summed E-state index contributed by atoms with van der Waals surface area (Å²) in [6.45, 7) is 7.36. The summed E-state index contributed by atoms with van der Waals surface area (Å²) >= 11 is 0. The predicted molar refractivity (Wildman–Crippen MR) is 55.5 cm³/mol. The van der Waals surface area contributed by atoms with Crippen molar-refractivity contribution in [1.82, 2.24) is 10.2 Å². The van der Waals surface area contributed by atoms with Crippen molar-refractivity contribution in [2.24, 2.45) is 0 Å². The van der Waals surface area contributed by atoms with Crippen molar-refractivity contribution in [3.05, 3.63) is 0 Å². The minimum absolute atomic E-state index is 0.0295. The first-order valence-corrected chi connectivity index (χ1v) is 5.07. The maximum atomic E-state index is 8.77. The van der Waals surface area contributed by atoms with Gasteiger partial charge in [-0.1, -0.05) is 13.8 Å². The Hall–Kier alpha value is -0.590. The lowest BCUT2D eigenvalue weighted by Crippen LogP contribution is -2.39. The number of rotatable bonds is 7. The van der Waals surface area contributed by atoms with E-state index in [4.69, 9.17) is 5.26 Å². The van der Waals surface area contributed by atoms with Crippen molar-refractivity contribution in [3.63, 3.8) is 0 Å². The third-order valence-corrected chi connectivity index (χ3v) is 2.02. The molecule has 0 aliphatic carbocycles. The molecular weight excluding hydrogens is 162 g/mol. The van der Waals surface area contributed by atoms with Crippen LogP contribution in [0.1, 0.15) is 26.7 Å². The highest BCUT2D eigenvalue weighted by Crippen LogP contribution is 1.96. The van der Waals surface area contributed by atoms with Gasteiger partial charge in [-0.25, -0.2) is 0 Å². The Morgan fingerprint density at radius 1 is 1.31 bits per heavy atom. The Kier molecular flexibility index (Phi) is 7.66. The van der Waals surface area contributed by atoms with Crippen molar-refractivity contribution < 1.29 is 0 Å². The van der Waals surface area contributed by atoms with E-state index in [-0.39, 0.29) is 6.04 Å². The highest BCUT2D eigenvalue weighted by molar-refractivity contribution is 4.90. The van der Waals surface area contributed by atoms with Crippen LogP contribution in [0.4, 0.5) is 0 Å². The second-order valence-corrected chi connectivity index (χ2v) is 3.27. The second kappa shape index (κ2) is 8.03. The van der Waals surface area contributed by atoms with Gasteiger partial charge in [0.05, 0.1) is 6.07 Å². The molecule has 1 unspecified atom stereocenters. The number of nitriles is 1. The molecule has 0 bridgehead atoms. The number of nitrogens with zero attached hydrogens (tertiary/aromatic N) is 2. The summed E-state index contributed by atoms with van der Waals surface area (Å²) in [7, 11) is 1.84. The molecule has 1 atom stereocenters. The average molecular weight is 183 g/mol. The van der Waals surface area contributed by atoms with Crippen molar-refractivity contribution in [2.45, 2.75) is 32.7 Å². The summed E-state index contributed by atoms with van der Waals surface area (Å²) in [4.78, 5) is 2.34. The van der Waals surface area contributed by atoms with Gasteiger partial charge in [-0.2, -0.15) is 5.26 Å². The molecule has 0 heterocycles. The molecule has 0 fully saturated rings. The van der Waals surface area contributed by atoms with E-state index < -0.39 is 0 Å². The third-order valence-electron chi connectivity index (χ3n) is 2.02. The zero-order valence-corrected chi connectivity index (χ0v) is 9.01. The van der Waals surface area contributed by atoms with Crippen LogP contribution in [0.25, 0.3) is 0 Å². The van der Waals surface area contributed by atoms with Gasteiger partial charge in [-0.05, 0) is 33.0 Å². The van der Waals surface area contributed by atoms with E-state index in [1.54, 1.807) is 0 Å². The van der Waals surface area contributed by atoms with Crippen LogP contribution in [0.15, 0.2) is 0 Å². The molecule has 0 aromatic heterocycles. The zero-order chi connectivity index (χ0) is 10.1. The van der Waals surface area contributed by atoms with Crippen molar-refractivity contribution in [2.75, 3.05) is 26.7 Å². The van der Waals surface area contributed by atoms with Gasteiger partial charge in [0.25, 0.3) is 0 Å². The molecule has 0 aromatic rings. The minimum atomic E-state index is -0.0295. The molecule has 0 spiro atoms. The Bertz CT molecular complexity index is 145. The van der Waals surface area contributed by atoms with Gasteiger partial charge in [0.1, 0.15) is 6.04 Å². The molecule has 3 nitrogen and oxygen atoms in total. The van der Waals surface area contributed by atoms with Crippen molar-refractivity contribution in [3.8, 4) is 6.07 Å². The Morgan fingerprint density at radius 2 is 1.85 bits per heavy atom. The van der Waals surface area contributed by atoms with Crippen LogP contribution in [0.2, 0.25) is 0 Å². The lowest BCUT2D eigenvalue weighted by molar-refractivity contribution is 0.261. The summed E-state index contributed by atoms with van der Waals surface area (Å²) in [6, 6.07) is 2.22. The fraction of sp³-hybridized carbons (Fsp3) is 0.900. The van der Waals surface area contributed by atoms with E-state index in [1.165, 1.54) is 0 Å². The van der Waals surface area contributed by atoms with Crippen molar-refractivity contribution in [1.29, 1.82) is 5.26 Å². The van der Waals surface area contributed by atoms with Gasteiger partial charge >= 0.3 is 0 Å². The fourth-order valence-electron chi connectivity index (χ4n) is 1.38. The molecule has 13 heavy (non-hydrogen) atoms. The molecule has 0 amide bonds. The third kappa shape index (κ3) is 5.62. The van der Waals surface area contributed by atoms with Gasteiger partial charge in [0, 0.05) is 6.54 Å². The largest absolute Gasteiger partial charge is 0.304 e. The monoisotopic (exact) mass is 183 g/mol. The molecule has 76 valence electrons. The summed E-state index contributed by atoms with van der Waals surface area (Å²) in [5, 5.41) is 11.8. The number of likely N-dealkylation sites (N-methyl/N-ethyl adjacent to an activating group) is 1. The molecule has 0 saturated carbocycles. The molecular formula is C10H21N3. The van der Waals surface area contributed by atoms with E-state index in [1.807, 2.05) is 7.05 Å². The van der Waals surface area contributed by atoms with E-state index in [0.717, 1.165) is 32.5 Å². The Labute approximate surface area is 81.7 Å². The van der Waals surface area contributed by atoms with E-state index in [2.05, 4.69) is 30.1 Å². The van der Waals surface area contributed by atoms with Crippen LogP contribution >= 0.6 is 0 Å². The van der Waals surface area contributed by atoms with E-state index in [0.29, 0.717) is 0 Å². The molecule has 0 rings (SSSR count). The first-order valence-electron chi connectivity index (χ1n) is 5.07. The van der Waals surface area contributed by atoms with Crippen LogP contribution in [-0.2, 0) is 0 Å². The summed E-state index contributed by atoms with van der Waals surface area (Å²) in [6.07, 6.45) is 2.31.